The fourth-order valence-electron chi connectivity index (χ4n) is 2.72. The second-order valence-corrected chi connectivity index (χ2v) is 8.12. The van der Waals surface area contributed by atoms with E-state index in [1.54, 1.807) is 4.90 Å². The van der Waals surface area contributed by atoms with Crippen molar-refractivity contribution in [1.29, 1.82) is 0 Å². The molecule has 0 saturated carbocycles. The van der Waals surface area contributed by atoms with E-state index in [9.17, 15) is 15.1 Å². The van der Waals surface area contributed by atoms with Gasteiger partial charge >= 0.3 is 17.7 Å². The molecular formula is C20H19Cl4N3O5. The molecule has 12 heteroatoms. The van der Waals surface area contributed by atoms with Crippen molar-refractivity contribution in [2.45, 2.75) is 20.3 Å². The molecule has 1 aromatic carbocycles. The minimum Gasteiger partial charge on any atom is -0.464 e. The Hall–Kier alpha value is -2.22. The zero-order chi connectivity index (χ0) is 23.8. The molecule has 0 aliphatic heterocycles. The van der Waals surface area contributed by atoms with E-state index in [4.69, 9.17) is 60.6 Å². The highest BCUT2D eigenvalue weighted by Crippen LogP contribution is 2.37. The second kappa shape index (κ2) is 12.1. The van der Waals surface area contributed by atoms with E-state index in [0.717, 1.165) is 0 Å². The molecule has 0 saturated heterocycles. The first-order valence-corrected chi connectivity index (χ1v) is 10.8. The van der Waals surface area contributed by atoms with Gasteiger partial charge in [-0.3, -0.25) is 9.59 Å². The van der Waals surface area contributed by atoms with Crippen molar-refractivity contribution in [3.05, 3.63) is 55.3 Å². The lowest BCUT2D eigenvalue weighted by molar-refractivity contribution is -0.141. The molecule has 0 amide bonds. The zero-order valence-electron chi connectivity index (χ0n) is 17.2. The fourth-order valence-corrected chi connectivity index (χ4v) is 3.50. The number of benzene rings is 1. The largest absolute Gasteiger partial charge is 0.464 e. The highest BCUT2D eigenvalue weighted by atomic mass is 35.5. The van der Waals surface area contributed by atoms with Crippen LogP contribution in [0.2, 0.25) is 15.1 Å². The van der Waals surface area contributed by atoms with Crippen LogP contribution in [0.15, 0.2) is 34.7 Å². The summed E-state index contributed by atoms with van der Waals surface area (Å²) in [7, 11) is 0. The number of nitrogens with zero attached hydrogens (tertiary/aromatic N) is 3. The number of hydrogen-bond acceptors (Lipinski definition) is 6. The Balaban J connectivity index is 2.45. The zero-order valence-corrected chi connectivity index (χ0v) is 20.2. The van der Waals surface area contributed by atoms with Gasteiger partial charge in [-0.15, -0.1) is 0 Å². The maximum Gasteiger partial charge on any atom is 0.318 e. The van der Waals surface area contributed by atoms with Gasteiger partial charge in [-0.05, 0) is 12.1 Å². The first kappa shape index (κ1) is 26.0. The van der Waals surface area contributed by atoms with Crippen LogP contribution in [0.25, 0.3) is 5.53 Å². The lowest BCUT2D eigenvalue weighted by Gasteiger charge is -2.29. The van der Waals surface area contributed by atoms with Crippen LogP contribution in [0.1, 0.15) is 20.3 Å². The molecule has 0 unspecified atom stereocenters. The van der Waals surface area contributed by atoms with Gasteiger partial charge in [0.1, 0.15) is 36.2 Å². The smallest absolute Gasteiger partial charge is 0.318 e. The molecule has 2 rings (SSSR count). The Labute approximate surface area is 204 Å². The van der Waals surface area contributed by atoms with Gasteiger partial charge in [0.25, 0.3) is 0 Å². The number of ether oxygens (including phenoxy) is 3. The van der Waals surface area contributed by atoms with Crippen molar-refractivity contribution >= 4 is 64.1 Å². The number of hydrogen-bond donors (Lipinski definition) is 0. The van der Waals surface area contributed by atoms with Gasteiger partial charge in [0.05, 0.1) is 33.9 Å². The molecule has 0 fully saturated rings. The summed E-state index contributed by atoms with van der Waals surface area (Å²) < 4.78 is 16.1. The van der Waals surface area contributed by atoms with E-state index in [1.807, 2.05) is 0 Å². The van der Waals surface area contributed by atoms with Crippen LogP contribution in [0.4, 0.5) is 0 Å². The molecule has 0 N–H and O–H groups in total. The number of rotatable bonds is 9. The number of halogens is 4. The van der Waals surface area contributed by atoms with Crippen LogP contribution in [0.5, 0.6) is 5.75 Å². The monoisotopic (exact) mass is 521 g/mol. The topological polar surface area (TPSA) is 101 Å². The molecule has 0 bridgehead atoms. The molecule has 1 aliphatic rings. The molecule has 1 aliphatic carbocycles. The molecule has 8 nitrogen and oxygen atoms in total. The second-order valence-electron chi connectivity index (χ2n) is 6.49. The maximum absolute atomic E-state index is 11.2. The van der Waals surface area contributed by atoms with Crippen molar-refractivity contribution in [1.82, 2.24) is 4.90 Å². The van der Waals surface area contributed by atoms with Gasteiger partial charge < -0.3 is 24.6 Å². The van der Waals surface area contributed by atoms with Crippen molar-refractivity contribution in [3.63, 3.8) is 0 Å². The van der Waals surface area contributed by atoms with Crippen LogP contribution < -0.4 is 4.74 Å². The van der Waals surface area contributed by atoms with Gasteiger partial charge in [-0.1, -0.05) is 46.4 Å². The van der Waals surface area contributed by atoms with E-state index in [0.29, 0.717) is 11.5 Å². The summed E-state index contributed by atoms with van der Waals surface area (Å²) in [4.78, 5) is 27.3. The molecule has 1 aromatic rings. The third-order valence-electron chi connectivity index (χ3n) is 4.16. The SMILES string of the molecule is CC(=O)OCCN(CCOC(C)=O)C1=C(Oc2cc(Cl)c(Cl)cc2Cl)CC(=[N+]=[N-])C(Cl)=C1. The standard InChI is InChI=1S/C20H19Cl4N3O5/c1-11(28)30-5-3-27(4-6-31-12(2)29)18-8-15(23)17(26-25)10-20(18)32-19-9-14(22)13(21)7-16(19)24/h7-9H,3-6,10H2,1-2H3. The highest BCUT2D eigenvalue weighted by Gasteiger charge is 2.29. The van der Waals surface area contributed by atoms with Crippen molar-refractivity contribution < 1.29 is 28.6 Å². The Morgan fingerprint density at radius 2 is 1.56 bits per heavy atom. The Morgan fingerprint density at radius 1 is 1.00 bits per heavy atom. The predicted octanol–water partition coefficient (Wildman–Crippen LogP) is 4.86. The first-order chi connectivity index (χ1) is 15.1. The van der Waals surface area contributed by atoms with E-state index in [-0.39, 0.29) is 64.3 Å². The van der Waals surface area contributed by atoms with E-state index >= 15 is 0 Å². The molecule has 0 radical (unpaired) electrons. The summed E-state index contributed by atoms with van der Waals surface area (Å²) in [5, 5.41) is 0.878. The summed E-state index contributed by atoms with van der Waals surface area (Å²) in [6.07, 6.45) is 1.55. The van der Waals surface area contributed by atoms with Crippen molar-refractivity contribution in [2.75, 3.05) is 26.3 Å². The number of esters is 2. The number of allylic oxidation sites excluding steroid dienone is 3. The maximum atomic E-state index is 11.2. The van der Waals surface area contributed by atoms with Crippen molar-refractivity contribution in [3.8, 4) is 5.75 Å². The first-order valence-electron chi connectivity index (χ1n) is 9.28. The van der Waals surface area contributed by atoms with E-state index < -0.39 is 11.9 Å². The summed E-state index contributed by atoms with van der Waals surface area (Å²) in [6.45, 7) is 3.20. The molecule has 0 spiro atoms. The fraction of sp³-hybridized carbons (Fsp3) is 0.350. The predicted molar refractivity (Wildman–Crippen MR) is 121 cm³/mol. The molecule has 172 valence electrons. The third kappa shape index (κ3) is 7.43. The molecular weight excluding hydrogens is 504 g/mol. The quantitative estimate of drug-likeness (QED) is 0.198. The normalized spacial score (nSPS) is 13.3. The Morgan fingerprint density at radius 3 is 2.09 bits per heavy atom. The van der Waals surface area contributed by atoms with Crippen LogP contribution >= 0.6 is 46.4 Å². The van der Waals surface area contributed by atoms with Gasteiger partial charge in [-0.25, -0.2) is 0 Å². The Kier molecular flexibility index (Phi) is 9.87. The van der Waals surface area contributed by atoms with E-state index in [2.05, 4.69) is 4.79 Å². The number of carbonyl (C=O) groups is 2. The lowest BCUT2D eigenvalue weighted by atomic mass is 10.1. The average molecular weight is 523 g/mol. The van der Waals surface area contributed by atoms with Gasteiger partial charge in [0.15, 0.2) is 0 Å². The lowest BCUT2D eigenvalue weighted by Crippen LogP contribution is -2.34. The third-order valence-corrected chi connectivity index (χ3v) is 5.50. The van der Waals surface area contributed by atoms with Crippen LogP contribution in [-0.2, 0) is 19.1 Å². The van der Waals surface area contributed by atoms with E-state index in [1.165, 1.54) is 32.1 Å². The van der Waals surface area contributed by atoms with Crippen LogP contribution in [0, 0.1) is 0 Å². The molecule has 0 atom stereocenters. The van der Waals surface area contributed by atoms with Gasteiger partial charge in [-0.2, -0.15) is 4.79 Å². The summed E-state index contributed by atoms with van der Waals surface area (Å²) in [6, 6.07) is 2.89. The summed E-state index contributed by atoms with van der Waals surface area (Å²) in [5.41, 5.74) is 9.96. The summed E-state index contributed by atoms with van der Waals surface area (Å²) in [5.74, 6) is -0.333. The molecule has 32 heavy (non-hydrogen) atoms. The van der Waals surface area contributed by atoms with Gasteiger partial charge in [0.2, 0.25) is 0 Å². The van der Waals surface area contributed by atoms with Crippen molar-refractivity contribution in [2.24, 2.45) is 0 Å². The molecule has 0 aromatic heterocycles. The van der Waals surface area contributed by atoms with Crippen LogP contribution in [-0.4, -0.2) is 53.6 Å². The van der Waals surface area contributed by atoms with Crippen LogP contribution in [0.3, 0.4) is 0 Å². The summed E-state index contributed by atoms with van der Waals surface area (Å²) >= 11 is 24.6. The number of carbonyl (C=O) groups excluding carboxylic acids is 2. The minimum absolute atomic E-state index is 0.0232. The average Bonchev–Trinajstić information content (AvgIpc) is 2.71. The minimum atomic E-state index is -0.440. The highest BCUT2D eigenvalue weighted by molar-refractivity contribution is 6.44. The van der Waals surface area contributed by atoms with Gasteiger partial charge in [0, 0.05) is 19.9 Å². The Bertz CT molecular complexity index is 999. The molecule has 0 heterocycles.